The van der Waals surface area contributed by atoms with E-state index in [1.807, 2.05) is 30.5 Å². The molecular formula is C13H9NO2. The summed E-state index contributed by atoms with van der Waals surface area (Å²) in [4.78, 5) is 13.7. The van der Waals surface area contributed by atoms with Crippen molar-refractivity contribution in [1.82, 2.24) is 4.98 Å². The highest BCUT2D eigenvalue weighted by atomic mass is 16.3. The van der Waals surface area contributed by atoms with Crippen LogP contribution in [0.15, 0.2) is 47.0 Å². The summed E-state index contributed by atoms with van der Waals surface area (Å²) < 4.78 is 5.41. The van der Waals surface area contributed by atoms with Crippen molar-refractivity contribution >= 4 is 17.2 Å². The maximum Gasteiger partial charge on any atom is 0.185 e. The molecular weight excluding hydrogens is 202 g/mol. The Morgan fingerprint density at radius 3 is 2.88 bits per heavy atom. The van der Waals surface area contributed by atoms with Gasteiger partial charge in [0.1, 0.15) is 5.76 Å². The fraction of sp³-hybridized carbons (Fsp3) is 0. The van der Waals surface area contributed by atoms with E-state index in [1.54, 1.807) is 12.1 Å². The Morgan fingerprint density at radius 2 is 2.06 bits per heavy atom. The average molecular weight is 211 g/mol. The van der Waals surface area contributed by atoms with Crippen molar-refractivity contribution in [2.75, 3.05) is 0 Å². The molecule has 0 aliphatic heterocycles. The number of hydrogen-bond donors (Lipinski definition) is 1. The van der Waals surface area contributed by atoms with Crippen LogP contribution >= 0.6 is 0 Å². The third-order valence-electron chi connectivity index (χ3n) is 2.60. The van der Waals surface area contributed by atoms with Gasteiger partial charge in [0.2, 0.25) is 0 Å². The van der Waals surface area contributed by atoms with E-state index < -0.39 is 0 Å². The molecule has 2 aromatic heterocycles. The van der Waals surface area contributed by atoms with Crippen LogP contribution in [0.5, 0.6) is 0 Å². The second kappa shape index (κ2) is 3.38. The van der Waals surface area contributed by atoms with Gasteiger partial charge in [-0.05, 0) is 24.3 Å². The number of hydrogen-bond acceptors (Lipinski definition) is 2. The lowest BCUT2D eigenvalue weighted by Crippen LogP contribution is -1.77. The zero-order valence-electron chi connectivity index (χ0n) is 8.44. The lowest BCUT2D eigenvalue weighted by molar-refractivity contribution is 0.110. The molecule has 78 valence electrons. The van der Waals surface area contributed by atoms with Gasteiger partial charge in [0.15, 0.2) is 12.0 Å². The van der Waals surface area contributed by atoms with Gasteiger partial charge in [-0.25, -0.2) is 0 Å². The number of furan rings is 1. The van der Waals surface area contributed by atoms with Gasteiger partial charge in [0.25, 0.3) is 0 Å². The molecule has 3 rings (SSSR count). The quantitative estimate of drug-likeness (QED) is 0.661. The molecule has 1 N–H and O–H groups in total. The largest absolute Gasteiger partial charge is 0.453 e. The molecule has 0 saturated carbocycles. The fourth-order valence-electron chi connectivity index (χ4n) is 1.85. The van der Waals surface area contributed by atoms with E-state index in [-0.39, 0.29) is 0 Å². The molecule has 0 saturated heterocycles. The number of aromatic amines is 1. The second-order valence-electron chi connectivity index (χ2n) is 3.57. The van der Waals surface area contributed by atoms with E-state index >= 15 is 0 Å². The average Bonchev–Trinajstić information content (AvgIpc) is 2.97. The first-order valence-corrected chi connectivity index (χ1v) is 5.00. The summed E-state index contributed by atoms with van der Waals surface area (Å²) in [7, 11) is 0. The predicted octanol–water partition coefficient (Wildman–Crippen LogP) is 3.24. The van der Waals surface area contributed by atoms with Crippen LogP contribution in [-0.4, -0.2) is 11.3 Å². The molecule has 0 radical (unpaired) electrons. The maximum absolute atomic E-state index is 10.6. The summed E-state index contributed by atoms with van der Waals surface area (Å²) in [5.41, 5.74) is 1.99. The highest BCUT2D eigenvalue weighted by Crippen LogP contribution is 2.28. The van der Waals surface area contributed by atoms with Gasteiger partial charge < -0.3 is 9.40 Å². The van der Waals surface area contributed by atoms with E-state index in [0.29, 0.717) is 17.8 Å². The normalized spacial score (nSPS) is 10.8. The molecule has 0 atom stereocenters. The zero-order chi connectivity index (χ0) is 11.0. The molecule has 0 fully saturated rings. The van der Waals surface area contributed by atoms with Gasteiger partial charge >= 0.3 is 0 Å². The summed E-state index contributed by atoms with van der Waals surface area (Å²) in [6, 6.07) is 11.4. The summed E-state index contributed by atoms with van der Waals surface area (Å²) in [6.07, 6.45) is 2.59. The molecule has 0 aliphatic carbocycles. The molecule has 1 aromatic carbocycles. The van der Waals surface area contributed by atoms with E-state index in [0.717, 1.165) is 16.5 Å². The summed E-state index contributed by atoms with van der Waals surface area (Å²) in [5.74, 6) is 1.05. The Labute approximate surface area is 91.7 Å². The van der Waals surface area contributed by atoms with Crippen molar-refractivity contribution < 1.29 is 9.21 Å². The van der Waals surface area contributed by atoms with Crippen molar-refractivity contribution in [3.05, 3.63) is 48.4 Å². The Hall–Kier alpha value is -2.29. The van der Waals surface area contributed by atoms with Gasteiger partial charge in [-0.1, -0.05) is 12.1 Å². The molecule has 0 unspecified atom stereocenters. The molecule has 3 aromatic rings. The van der Waals surface area contributed by atoms with Gasteiger partial charge in [0, 0.05) is 17.1 Å². The molecule has 0 bridgehead atoms. The number of aromatic nitrogens is 1. The summed E-state index contributed by atoms with van der Waals surface area (Å²) in [5, 5.41) is 1.13. The minimum atomic E-state index is 0.346. The lowest BCUT2D eigenvalue weighted by atomic mass is 10.1. The molecule has 16 heavy (non-hydrogen) atoms. The molecule has 0 amide bonds. The monoisotopic (exact) mass is 211 g/mol. The fourth-order valence-corrected chi connectivity index (χ4v) is 1.85. The van der Waals surface area contributed by atoms with E-state index in [9.17, 15) is 4.79 Å². The Kier molecular flexibility index (Phi) is 1.90. The van der Waals surface area contributed by atoms with Crippen molar-refractivity contribution in [3.63, 3.8) is 0 Å². The molecule has 3 nitrogen and oxygen atoms in total. The third-order valence-corrected chi connectivity index (χ3v) is 2.60. The van der Waals surface area contributed by atoms with Gasteiger partial charge in [-0.3, -0.25) is 4.79 Å². The first-order valence-electron chi connectivity index (χ1n) is 5.00. The van der Waals surface area contributed by atoms with Crippen molar-refractivity contribution in [1.29, 1.82) is 0 Å². The van der Waals surface area contributed by atoms with Crippen molar-refractivity contribution in [2.24, 2.45) is 0 Å². The molecule has 0 spiro atoms. The van der Waals surface area contributed by atoms with E-state index in [2.05, 4.69) is 4.98 Å². The Morgan fingerprint density at radius 1 is 1.12 bits per heavy atom. The Bertz CT molecular complexity index is 649. The zero-order valence-corrected chi connectivity index (χ0v) is 8.44. The number of rotatable bonds is 2. The number of nitrogens with one attached hydrogen (secondary N) is 1. The topological polar surface area (TPSA) is 46.0 Å². The highest BCUT2D eigenvalue weighted by molar-refractivity contribution is 5.93. The maximum atomic E-state index is 10.6. The smallest absolute Gasteiger partial charge is 0.185 e. The summed E-state index contributed by atoms with van der Waals surface area (Å²) >= 11 is 0. The minimum absolute atomic E-state index is 0.346. The second-order valence-corrected chi connectivity index (χ2v) is 3.57. The van der Waals surface area contributed by atoms with Gasteiger partial charge in [-0.2, -0.15) is 0 Å². The Balaban J connectivity index is 2.24. The van der Waals surface area contributed by atoms with Crippen LogP contribution in [0.3, 0.4) is 0 Å². The van der Waals surface area contributed by atoms with Crippen LogP contribution in [0.4, 0.5) is 0 Å². The van der Waals surface area contributed by atoms with Crippen LogP contribution in [0.25, 0.3) is 22.2 Å². The molecule has 2 heterocycles. The number of H-pyrrole nitrogens is 1. The van der Waals surface area contributed by atoms with E-state index in [1.165, 1.54) is 0 Å². The van der Waals surface area contributed by atoms with Crippen molar-refractivity contribution in [2.45, 2.75) is 0 Å². The third kappa shape index (κ3) is 1.26. The number of benzene rings is 1. The highest BCUT2D eigenvalue weighted by Gasteiger charge is 2.08. The number of carbonyl (C=O) groups excluding carboxylic acids is 1. The van der Waals surface area contributed by atoms with Crippen LogP contribution < -0.4 is 0 Å². The van der Waals surface area contributed by atoms with Crippen LogP contribution in [0.1, 0.15) is 10.6 Å². The van der Waals surface area contributed by atoms with Gasteiger partial charge in [0.05, 0.1) is 5.52 Å². The lowest BCUT2D eigenvalue weighted by Gasteiger charge is -1.98. The standard InChI is InChI=1S/C13H9NO2/c15-8-10-4-5-12(16-10)11-3-1-2-9-6-7-14-13(9)11/h1-8,14H. The number of carbonyl (C=O) groups is 1. The first kappa shape index (κ1) is 8.97. The first-order chi connectivity index (χ1) is 7.88. The van der Waals surface area contributed by atoms with Gasteiger partial charge in [-0.15, -0.1) is 0 Å². The van der Waals surface area contributed by atoms with Crippen molar-refractivity contribution in [3.8, 4) is 11.3 Å². The van der Waals surface area contributed by atoms with Crippen LogP contribution in [-0.2, 0) is 0 Å². The summed E-state index contributed by atoms with van der Waals surface area (Å²) in [6.45, 7) is 0. The molecule has 3 heteroatoms. The minimum Gasteiger partial charge on any atom is -0.453 e. The number of para-hydroxylation sites is 1. The predicted molar refractivity (Wildman–Crippen MR) is 61.4 cm³/mol. The number of fused-ring (bicyclic) bond motifs is 1. The number of aldehydes is 1. The SMILES string of the molecule is O=Cc1ccc(-c2cccc3cc[nH]c23)o1. The molecule has 0 aliphatic rings. The van der Waals surface area contributed by atoms with E-state index in [4.69, 9.17) is 4.42 Å². The van der Waals surface area contributed by atoms with Crippen LogP contribution in [0.2, 0.25) is 0 Å². The van der Waals surface area contributed by atoms with Crippen LogP contribution in [0, 0.1) is 0 Å².